The van der Waals surface area contributed by atoms with Gasteiger partial charge in [0.25, 0.3) is 0 Å². The Balaban J connectivity index is 2.09. The first kappa shape index (κ1) is 12.0. The molecule has 0 bridgehead atoms. The van der Waals surface area contributed by atoms with Crippen LogP contribution in [0.2, 0.25) is 0 Å². The minimum Gasteiger partial charge on any atom is -0.361 e. The van der Waals surface area contributed by atoms with Gasteiger partial charge in [0, 0.05) is 11.7 Å². The molecule has 0 amide bonds. The summed E-state index contributed by atoms with van der Waals surface area (Å²) in [4.78, 5) is 5.52. The first-order valence-corrected chi connectivity index (χ1v) is 6.45. The topological polar surface area (TPSA) is 19.0 Å². The zero-order valence-electron chi connectivity index (χ0n) is 11.2. The van der Waals surface area contributed by atoms with Crippen molar-refractivity contribution in [3.05, 3.63) is 71.9 Å². The van der Waals surface area contributed by atoms with E-state index in [-0.39, 0.29) is 6.04 Å². The molecule has 1 N–H and O–H groups in total. The quantitative estimate of drug-likeness (QED) is 0.751. The van der Waals surface area contributed by atoms with Gasteiger partial charge in [-0.25, -0.2) is 0 Å². The van der Waals surface area contributed by atoms with Crippen LogP contribution in [0.25, 0.3) is 10.9 Å². The summed E-state index contributed by atoms with van der Waals surface area (Å²) >= 11 is 0. The second kappa shape index (κ2) is 4.90. The molecule has 2 heteroatoms. The maximum atomic E-state index is 3.28. The number of benzene rings is 2. The fraction of sp³-hybridized carbons (Fsp3) is 0.176. The van der Waals surface area contributed by atoms with Gasteiger partial charge in [-0.1, -0.05) is 36.4 Å². The lowest BCUT2D eigenvalue weighted by Crippen LogP contribution is -2.20. The Morgan fingerprint density at radius 2 is 1.79 bits per heavy atom. The third-order valence-electron chi connectivity index (χ3n) is 3.47. The van der Waals surface area contributed by atoms with E-state index in [9.17, 15) is 0 Å². The van der Waals surface area contributed by atoms with Gasteiger partial charge >= 0.3 is 0 Å². The standard InChI is InChI=1S/C17H17N2/c1-19(2)17(14-6-4-3-5-7-14)15-9-8-13-10-11-18-16(13)12-15/h4-12,17-18H,1-2H3. The highest BCUT2D eigenvalue weighted by molar-refractivity contribution is 5.80. The number of hydrogen-bond donors (Lipinski definition) is 1. The van der Waals surface area contributed by atoms with E-state index in [0.29, 0.717) is 0 Å². The van der Waals surface area contributed by atoms with Gasteiger partial charge in [-0.15, -0.1) is 0 Å². The number of H-pyrrole nitrogens is 1. The lowest BCUT2D eigenvalue weighted by molar-refractivity contribution is 0.342. The van der Waals surface area contributed by atoms with E-state index < -0.39 is 0 Å². The van der Waals surface area contributed by atoms with E-state index in [2.05, 4.69) is 66.4 Å². The molecule has 0 saturated heterocycles. The zero-order chi connectivity index (χ0) is 13.2. The number of aromatic amines is 1. The minimum atomic E-state index is 0.266. The Kier molecular flexibility index (Phi) is 3.10. The molecular weight excluding hydrogens is 232 g/mol. The van der Waals surface area contributed by atoms with Crippen LogP contribution in [-0.2, 0) is 0 Å². The molecule has 1 heterocycles. The van der Waals surface area contributed by atoms with Gasteiger partial charge in [0.1, 0.15) is 0 Å². The van der Waals surface area contributed by atoms with E-state index in [4.69, 9.17) is 0 Å². The van der Waals surface area contributed by atoms with Gasteiger partial charge in [-0.2, -0.15) is 0 Å². The number of rotatable bonds is 3. The van der Waals surface area contributed by atoms with Crippen molar-refractivity contribution in [1.29, 1.82) is 0 Å². The van der Waals surface area contributed by atoms with E-state index in [0.717, 1.165) is 0 Å². The lowest BCUT2D eigenvalue weighted by Gasteiger charge is -2.25. The van der Waals surface area contributed by atoms with Gasteiger partial charge in [0.15, 0.2) is 0 Å². The molecule has 2 aromatic carbocycles. The summed E-state index contributed by atoms with van der Waals surface area (Å²) in [6, 6.07) is 20.3. The van der Waals surface area contributed by atoms with Crippen molar-refractivity contribution in [2.24, 2.45) is 0 Å². The smallest absolute Gasteiger partial charge is 0.0597 e. The average molecular weight is 249 g/mol. The van der Waals surface area contributed by atoms with Crippen molar-refractivity contribution in [2.45, 2.75) is 6.04 Å². The Morgan fingerprint density at radius 3 is 2.53 bits per heavy atom. The molecule has 1 unspecified atom stereocenters. The minimum absolute atomic E-state index is 0.266. The molecule has 1 atom stereocenters. The maximum absolute atomic E-state index is 3.28. The molecule has 0 fully saturated rings. The van der Waals surface area contributed by atoms with Crippen molar-refractivity contribution >= 4 is 10.9 Å². The molecule has 1 radical (unpaired) electrons. The molecule has 3 rings (SSSR count). The van der Waals surface area contributed by atoms with Crippen LogP contribution >= 0.6 is 0 Å². The van der Waals surface area contributed by atoms with Crippen LogP contribution in [0, 0.1) is 6.07 Å². The predicted octanol–water partition coefficient (Wildman–Crippen LogP) is 3.62. The van der Waals surface area contributed by atoms with Crippen LogP contribution in [0.1, 0.15) is 17.2 Å². The second-order valence-corrected chi connectivity index (χ2v) is 5.02. The Hall–Kier alpha value is -2.06. The van der Waals surface area contributed by atoms with Crippen molar-refractivity contribution < 1.29 is 0 Å². The lowest BCUT2D eigenvalue weighted by atomic mass is 9.97. The third-order valence-corrected chi connectivity index (χ3v) is 3.47. The number of fused-ring (bicyclic) bond motifs is 1. The summed E-state index contributed by atoms with van der Waals surface area (Å²) in [5.74, 6) is 0. The van der Waals surface area contributed by atoms with Crippen LogP contribution in [-0.4, -0.2) is 24.0 Å². The van der Waals surface area contributed by atoms with E-state index in [1.807, 2.05) is 18.3 Å². The molecular formula is C17H17N2. The molecule has 0 spiro atoms. The van der Waals surface area contributed by atoms with Gasteiger partial charge in [-0.3, -0.25) is 4.90 Å². The first-order chi connectivity index (χ1) is 9.25. The van der Waals surface area contributed by atoms with Gasteiger partial charge in [-0.05, 0) is 48.8 Å². The second-order valence-electron chi connectivity index (χ2n) is 5.02. The van der Waals surface area contributed by atoms with Crippen molar-refractivity contribution in [1.82, 2.24) is 9.88 Å². The first-order valence-electron chi connectivity index (χ1n) is 6.45. The average Bonchev–Trinajstić information content (AvgIpc) is 2.87. The van der Waals surface area contributed by atoms with Crippen LogP contribution in [0.15, 0.2) is 54.7 Å². The molecule has 1 aromatic heterocycles. The number of hydrogen-bond acceptors (Lipinski definition) is 1. The largest absolute Gasteiger partial charge is 0.361 e. The molecule has 95 valence electrons. The normalized spacial score (nSPS) is 13.0. The highest BCUT2D eigenvalue weighted by Crippen LogP contribution is 2.28. The van der Waals surface area contributed by atoms with Crippen molar-refractivity contribution in [3.8, 4) is 0 Å². The maximum Gasteiger partial charge on any atom is 0.0597 e. The third kappa shape index (κ3) is 2.27. The summed E-state index contributed by atoms with van der Waals surface area (Å²) in [7, 11) is 4.22. The Labute approximate surface area is 113 Å². The highest BCUT2D eigenvalue weighted by atomic mass is 15.1. The summed E-state index contributed by atoms with van der Waals surface area (Å²) in [6.45, 7) is 0. The molecule has 0 aliphatic heterocycles. The van der Waals surface area contributed by atoms with Crippen LogP contribution in [0.5, 0.6) is 0 Å². The highest BCUT2D eigenvalue weighted by Gasteiger charge is 2.16. The number of aromatic nitrogens is 1. The number of nitrogens with zero attached hydrogens (tertiary/aromatic N) is 1. The van der Waals surface area contributed by atoms with Crippen LogP contribution < -0.4 is 0 Å². The van der Waals surface area contributed by atoms with Gasteiger partial charge < -0.3 is 4.98 Å². The number of nitrogens with one attached hydrogen (secondary N) is 1. The van der Waals surface area contributed by atoms with Gasteiger partial charge in [0.2, 0.25) is 0 Å². The monoisotopic (exact) mass is 249 g/mol. The van der Waals surface area contributed by atoms with Crippen molar-refractivity contribution in [2.75, 3.05) is 14.1 Å². The van der Waals surface area contributed by atoms with Crippen LogP contribution in [0.3, 0.4) is 0 Å². The van der Waals surface area contributed by atoms with E-state index >= 15 is 0 Å². The summed E-state index contributed by atoms with van der Waals surface area (Å²) in [6.07, 6.45) is 1.98. The molecule has 3 aromatic rings. The Morgan fingerprint density at radius 1 is 1.00 bits per heavy atom. The van der Waals surface area contributed by atoms with Gasteiger partial charge in [0.05, 0.1) is 6.04 Å². The molecule has 0 aliphatic carbocycles. The fourth-order valence-electron chi connectivity index (χ4n) is 2.61. The zero-order valence-corrected chi connectivity index (χ0v) is 11.2. The van der Waals surface area contributed by atoms with Crippen molar-refractivity contribution in [3.63, 3.8) is 0 Å². The summed E-state index contributed by atoms with van der Waals surface area (Å²) < 4.78 is 0. The summed E-state index contributed by atoms with van der Waals surface area (Å²) in [5, 5.41) is 1.25. The molecule has 0 saturated carbocycles. The van der Waals surface area contributed by atoms with Crippen LogP contribution in [0.4, 0.5) is 0 Å². The fourth-order valence-corrected chi connectivity index (χ4v) is 2.61. The molecule has 2 nitrogen and oxygen atoms in total. The predicted molar refractivity (Wildman–Crippen MR) is 79.1 cm³/mol. The van der Waals surface area contributed by atoms with E-state index in [1.54, 1.807) is 0 Å². The SMILES string of the molecule is CN(C)C(c1cc[c]cc1)c1ccc2cc[nH]c2c1. The molecule has 19 heavy (non-hydrogen) atoms. The Bertz CT molecular complexity index is 668. The van der Waals surface area contributed by atoms with E-state index in [1.165, 1.54) is 22.0 Å². The molecule has 0 aliphatic rings. The summed E-state index contributed by atoms with van der Waals surface area (Å²) in [5.41, 5.74) is 3.77.